The van der Waals surface area contributed by atoms with E-state index in [0.717, 1.165) is 19.3 Å². The number of nitrogens with one attached hydrogen (secondary N) is 1. The van der Waals surface area contributed by atoms with Crippen molar-refractivity contribution in [1.82, 2.24) is 5.32 Å². The molecule has 2 amide bonds. The van der Waals surface area contributed by atoms with Gasteiger partial charge in [0.15, 0.2) is 0 Å². The molecule has 0 aromatic heterocycles. The Balaban J connectivity index is 2.17. The first-order valence-corrected chi connectivity index (χ1v) is 4.53. The van der Waals surface area contributed by atoms with Gasteiger partial charge in [-0.3, -0.25) is 14.9 Å². The minimum absolute atomic E-state index is 0.00583. The van der Waals surface area contributed by atoms with Crippen LogP contribution in [0.5, 0.6) is 0 Å². The van der Waals surface area contributed by atoms with Crippen LogP contribution >= 0.6 is 0 Å². The summed E-state index contributed by atoms with van der Waals surface area (Å²) in [6, 6.07) is 0. The summed E-state index contributed by atoms with van der Waals surface area (Å²) in [5, 5.41) is 2.40. The zero-order valence-corrected chi connectivity index (χ0v) is 7.17. The van der Waals surface area contributed by atoms with Crippen LogP contribution in [0.1, 0.15) is 26.2 Å². The highest BCUT2D eigenvalue weighted by molar-refractivity contribution is 6.05. The number of carbonyl (C=O) groups excluding carboxylic acids is 2. The maximum atomic E-state index is 11.2. The Bertz CT molecular complexity index is 237. The Morgan fingerprint density at radius 2 is 1.83 bits per heavy atom. The van der Waals surface area contributed by atoms with Gasteiger partial charge in [0.2, 0.25) is 11.8 Å². The van der Waals surface area contributed by atoms with Gasteiger partial charge in [0.1, 0.15) is 0 Å². The van der Waals surface area contributed by atoms with E-state index < -0.39 is 0 Å². The summed E-state index contributed by atoms with van der Waals surface area (Å²) in [6.07, 6.45) is 2.87. The highest BCUT2D eigenvalue weighted by Crippen LogP contribution is 2.36. The van der Waals surface area contributed by atoms with Crippen molar-refractivity contribution >= 4 is 11.8 Å². The van der Waals surface area contributed by atoms with E-state index in [9.17, 15) is 9.59 Å². The smallest absolute Gasteiger partial charge is 0.230 e. The van der Waals surface area contributed by atoms with Crippen LogP contribution < -0.4 is 5.32 Å². The maximum Gasteiger partial charge on any atom is 0.230 e. The minimum Gasteiger partial charge on any atom is -0.296 e. The standard InChI is InChI=1S/C9H13NO2/c1-5-2-3-6-7(4-5)9(12)10-8(6)11/h5-7H,2-4H2,1H3,(H,10,11,12)/t5-,6-,7-/m1/s1. The Hall–Kier alpha value is -0.860. The van der Waals surface area contributed by atoms with E-state index in [1.54, 1.807) is 0 Å². The summed E-state index contributed by atoms with van der Waals surface area (Å²) >= 11 is 0. The van der Waals surface area contributed by atoms with Crippen LogP contribution in [-0.2, 0) is 9.59 Å². The topological polar surface area (TPSA) is 46.2 Å². The van der Waals surface area contributed by atoms with Gasteiger partial charge in [0.25, 0.3) is 0 Å². The summed E-state index contributed by atoms with van der Waals surface area (Å²) in [6.45, 7) is 2.15. The van der Waals surface area contributed by atoms with Crippen molar-refractivity contribution in [3.05, 3.63) is 0 Å². The minimum atomic E-state index is -0.0449. The quantitative estimate of drug-likeness (QED) is 0.540. The van der Waals surface area contributed by atoms with Gasteiger partial charge in [-0.1, -0.05) is 6.92 Å². The highest BCUT2D eigenvalue weighted by Gasteiger charge is 2.44. The van der Waals surface area contributed by atoms with Crippen LogP contribution in [0.15, 0.2) is 0 Å². The first kappa shape index (κ1) is 7.77. The molecule has 0 unspecified atom stereocenters. The first-order valence-electron chi connectivity index (χ1n) is 4.53. The van der Waals surface area contributed by atoms with Crippen molar-refractivity contribution in [2.75, 3.05) is 0 Å². The van der Waals surface area contributed by atoms with Crippen LogP contribution in [0.2, 0.25) is 0 Å². The molecule has 2 aliphatic rings. The fourth-order valence-corrected chi connectivity index (χ4v) is 2.29. The normalized spacial score (nSPS) is 40.9. The fraction of sp³-hybridized carbons (Fsp3) is 0.778. The Morgan fingerprint density at radius 1 is 1.17 bits per heavy atom. The molecular formula is C9H13NO2. The molecule has 1 saturated carbocycles. The predicted molar refractivity (Wildman–Crippen MR) is 43.1 cm³/mol. The molecule has 1 aliphatic carbocycles. The molecule has 0 aromatic carbocycles. The molecule has 0 radical (unpaired) electrons. The molecule has 0 aromatic rings. The third-order valence-electron chi connectivity index (χ3n) is 3.03. The molecule has 12 heavy (non-hydrogen) atoms. The zero-order valence-electron chi connectivity index (χ0n) is 7.17. The summed E-state index contributed by atoms with van der Waals surface area (Å²) < 4.78 is 0. The molecule has 3 nitrogen and oxygen atoms in total. The van der Waals surface area contributed by atoms with Crippen molar-refractivity contribution < 1.29 is 9.59 Å². The first-order chi connectivity index (χ1) is 5.68. The summed E-state index contributed by atoms with van der Waals surface area (Å²) in [7, 11) is 0. The summed E-state index contributed by atoms with van der Waals surface area (Å²) in [5.74, 6) is 0.492. The lowest BCUT2D eigenvalue weighted by Crippen LogP contribution is -2.25. The molecular weight excluding hydrogens is 154 g/mol. The van der Waals surface area contributed by atoms with Crippen LogP contribution in [0.4, 0.5) is 0 Å². The van der Waals surface area contributed by atoms with Gasteiger partial charge in [-0.15, -0.1) is 0 Å². The summed E-state index contributed by atoms with van der Waals surface area (Å²) in [4.78, 5) is 22.4. The number of carbonyl (C=O) groups is 2. The number of rotatable bonds is 0. The van der Waals surface area contributed by atoms with Crippen molar-refractivity contribution in [3.63, 3.8) is 0 Å². The van der Waals surface area contributed by atoms with E-state index in [2.05, 4.69) is 12.2 Å². The molecule has 1 saturated heterocycles. The third kappa shape index (κ3) is 1.04. The lowest BCUT2D eigenvalue weighted by molar-refractivity contribution is -0.126. The molecule has 1 N–H and O–H groups in total. The van der Waals surface area contributed by atoms with Crippen LogP contribution in [0.3, 0.4) is 0 Å². The molecule has 66 valence electrons. The van der Waals surface area contributed by atoms with Gasteiger partial charge in [-0.2, -0.15) is 0 Å². The Morgan fingerprint density at radius 3 is 2.58 bits per heavy atom. The van der Waals surface area contributed by atoms with E-state index in [-0.39, 0.29) is 23.7 Å². The van der Waals surface area contributed by atoms with Crippen molar-refractivity contribution in [2.45, 2.75) is 26.2 Å². The number of fused-ring (bicyclic) bond motifs is 1. The third-order valence-corrected chi connectivity index (χ3v) is 3.03. The van der Waals surface area contributed by atoms with E-state index in [1.165, 1.54) is 0 Å². The Kier molecular flexibility index (Phi) is 1.67. The number of imide groups is 1. The van der Waals surface area contributed by atoms with E-state index in [1.807, 2.05) is 0 Å². The largest absolute Gasteiger partial charge is 0.296 e. The maximum absolute atomic E-state index is 11.2. The van der Waals surface area contributed by atoms with E-state index >= 15 is 0 Å². The SMILES string of the molecule is C[C@@H]1CC[C@H]2C(=O)NC(=O)[C@@H]2C1. The monoisotopic (exact) mass is 167 g/mol. The molecule has 3 heteroatoms. The van der Waals surface area contributed by atoms with Crippen LogP contribution in [0.25, 0.3) is 0 Å². The lowest BCUT2D eigenvalue weighted by atomic mass is 9.76. The van der Waals surface area contributed by atoms with Gasteiger partial charge >= 0.3 is 0 Å². The average molecular weight is 167 g/mol. The second kappa shape index (κ2) is 2.57. The molecule has 0 spiro atoms. The molecule has 0 bridgehead atoms. The second-order valence-corrected chi connectivity index (χ2v) is 3.98. The molecule has 1 aliphatic heterocycles. The molecule has 3 atom stereocenters. The number of amides is 2. The highest BCUT2D eigenvalue weighted by atomic mass is 16.2. The number of hydrogen-bond donors (Lipinski definition) is 1. The van der Waals surface area contributed by atoms with E-state index in [0.29, 0.717) is 5.92 Å². The molecule has 1 heterocycles. The second-order valence-electron chi connectivity index (χ2n) is 3.98. The van der Waals surface area contributed by atoms with Gasteiger partial charge in [-0.25, -0.2) is 0 Å². The van der Waals surface area contributed by atoms with Crippen LogP contribution in [0, 0.1) is 17.8 Å². The van der Waals surface area contributed by atoms with Crippen LogP contribution in [-0.4, -0.2) is 11.8 Å². The lowest BCUT2D eigenvalue weighted by Gasteiger charge is -2.25. The van der Waals surface area contributed by atoms with Gasteiger partial charge < -0.3 is 0 Å². The Labute approximate surface area is 71.5 Å². The van der Waals surface area contributed by atoms with Crippen molar-refractivity contribution in [1.29, 1.82) is 0 Å². The molecule has 2 rings (SSSR count). The molecule has 2 fully saturated rings. The number of hydrogen-bond acceptors (Lipinski definition) is 2. The zero-order chi connectivity index (χ0) is 8.72. The van der Waals surface area contributed by atoms with Gasteiger partial charge in [-0.05, 0) is 25.2 Å². The summed E-state index contributed by atoms with van der Waals surface area (Å²) in [5.41, 5.74) is 0. The average Bonchev–Trinajstić information content (AvgIpc) is 2.28. The van der Waals surface area contributed by atoms with Gasteiger partial charge in [0, 0.05) is 5.92 Å². The fourth-order valence-electron chi connectivity index (χ4n) is 2.29. The van der Waals surface area contributed by atoms with Crippen molar-refractivity contribution in [2.24, 2.45) is 17.8 Å². The van der Waals surface area contributed by atoms with E-state index in [4.69, 9.17) is 0 Å². The predicted octanol–water partition coefficient (Wildman–Crippen LogP) is 0.695. The van der Waals surface area contributed by atoms with Gasteiger partial charge in [0.05, 0.1) is 5.92 Å². The van der Waals surface area contributed by atoms with Crippen molar-refractivity contribution in [3.8, 4) is 0 Å².